The number of phenols is 1. The number of aromatic hydroxyl groups is 1. The first kappa shape index (κ1) is 19.8. The molecule has 7 nitrogen and oxygen atoms in total. The van der Waals surface area contributed by atoms with Crippen molar-refractivity contribution in [2.75, 3.05) is 14.2 Å². The summed E-state index contributed by atoms with van der Waals surface area (Å²) in [5, 5.41) is 10.0. The standard InChI is InChI=1S/C20H19NO6S/c1-11-12(2)28-20(19(25)27-4)15(18(24)26-3)9-13(10-21(11)20)17(23)14-7-5-6-8-16(14)22/h5-10,22H,1-4H3/t20-/m1/s1. The molecule has 28 heavy (non-hydrogen) atoms. The summed E-state index contributed by atoms with van der Waals surface area (Å²) in [6.07, 6.45) is 2.82. The van der Waals surface area contributed by atoms with Crippen molar-refractivity contribution in [2.24, 2.45) is 0 Å². The molecule has 0 fully saturated rings. The van der Waals surface area contributed by atoms with Gasteiger partial charge < -0.3 is 19.5 Å². The number of benzene rings is 1. The van der Waals surface area contributed by atoms with E-state index >= 15 is 0 Å². The quantitative estimate of drug-likeness (QED) is 0.608. The van der Waals surface area contributed by atoms with Gasteiger partial charge in [0.25, 0.3) is 0 Å². The molecule has 0 bridgehead atoms. The Morgan fingerprint density at radius 1 is 1.11 bits per heavy atom. The molecule has 0 radical (unpaired) electrons. The third-order valence-corrected chi connectivity index (χ3v) is 6.20. The van der Waals surface area contributed by atoms with Crippen LogP contribution in [0.3, 0.4) is 0 Å². The van der Waals surface area contributed by atoms with Crippen molar-refractivity contribution in [1.82, 2.24) is 4.90 Å². The molecule has 8 heteroatoms. The van der Waals surface area contributed by atoms with Crippen LogP contribution in [0.2, 0.25) is 0 Å². The number of hydrogen-bond donors (Lipinski definition) is 1. The maximum atomic E-state index is 13.0. The summed E-state index contributed by atoms with van der Waals surface area (Å²) in [5.41, 5.74) is 0.901. The topological polar surface area (TPSA) is 93.1 Å². The molecule has 0 saturated heterocycles. The van der Waals surface area contributed by atoms with E-state index in [1.807, 2.05) is 6.92 Å². The van der Waals surface area contributed by atoms with E-state index in [4.69, 9.17) is 9.47 Å². The number of allylic oxidation sites excluding steroid dienone is 4. The molecule has 1 atom stereocenters. The fourth-order valence-electron chi connectivity index (χ4n) is 3.19. The Morgan fingerprint density at radius 2 is 1.79 bits per heavy atom. The van der Waals surface area contributed by atoms with Gasteiger partial charge in [-0.3, -0.25) is 4.79 Å². The Labute approximate surface area is 166 Å². The lowest BCUT2D eigenvalue weighted by atomic mass is 9.93. The molecule has 0 amide bonds. The van der Waals surface area contributed by atoms with Gasteiger partial charge in [-0.15, -0.1) is 0 Å². The zero-order valence-electron chi connectivity index (χ0n) is 15.8. The van der Waals surface area contributed by atoms with E-state index in [9.17, 15) is 19.5 Å². The fourth-order valence-corrected chi connectivity index (χ4v) is 4.59. The van der Waals surface area contributed by atoms with Crippen molar-refractivity contribution in [2.45, 2.75) is 18.7 Å². The van der Waals surface area contributed by atoms with Crippen molar-refractivity contribution in [3.05, 3.63) is 63.9 Å². The van der Waals surface area contributed by atoms with E-state index in [0.717, 1.165) is 16.7 Å². The number of fused-ring (bicyclic) bond motifs is 1. The molecule has 1 N–H and O–H groups in total. The van der Waals surface area contributed by atoms with Crippen LogP contribution >= 0.6 is 11.8 Å². The number of thioether (sulfide) groups is 1. The van der Waals surface area contributed by atoms with E-state index in [1.165, 1.54) is 38.6 Å². The van der Waals surface area contributed by atoms with Crippen LogP contribution in [0.25, 0.3) is 0 Å². The van der Waals surface area contributed by atoms with E-state index in [-0.39, 0.29) is 22.5 Å². The Morgan fingerprint density at radius 3 is 2.39 bits per heavy atom. The average molecular weight is 401 g/mol. The summed E-state index contributed by atoms with van der Waals surface area (Å²) >= 11 is 1.16. The summed E-state index contributed by atoms with van der Waals surface area (Å²) < 4.78 is 9.87. The molecule has 3 rings (SSSR count). The first-order chi connectivity index (χ1) is 13.3. The number of methoxy groups -OCH3 is 2. The summed E-state index contributed by atoms with van der Waals surface area (Å²) in [6, 6.07) is 6.12. The molecule has 2 heterocycles. The van der Waals surface area contributed by atoms with Gasteiger partial charge in [-0.2, -0.15) is 0 Å². The zero-order valence-corrected chi connectivity index (χ0v) is 16.6. The number of esters is 2. The van der Waals surface area contributed by atoms with Crippen LogP contribution in [0.1, 0.15) is 24.2 Å². The van der Waals surface area contributed by atoms with Gasteiger partial charge in [0.1, 0.15) is 5.75 Å². The van der Waals surface area contributed by atoms with Gasteiger partial charge in [0.05, 0.1) is 25.4 Å². The fraction of sp³-hybridized carbons (Fsp3) is 0.250. The Balaban J connectivity index is 2.21. The van der Waals surface area contributed by atoms with Crippen LogP contribution < -0.4 is 0 Å². The van der Waals surface area contributed by atoms with Gasteiger partial charge in [0.15, 0.2) is 5.78 Å². The molecule has 0 aliphatic carbocycles. The van der Waals surface area contributed by atoms with E-state index in [1.54, 1.807) is 24.0 Å². The molecule has 0 saturated carbocycles. The summed E-state index contributed by atoms with van der Waals surface area (Å²) in [5.74, 6) is -2.07. The number of carbonyl (C=O) groups excluding carboxylic acids is 3. The highest BCUT2D eigenvalue weighted by atomic mass is 32.2. The molecule has 2 aliphatic rings. The van der Waals surface area contributed by atoms with Gasteiger partial charge in [0.2, 0.25) is 4.87 Å². The number of phenolic OH excluding ortho intramolecular Hbond substituents is 1. The first-order valence-corrected chi connectivity index (χ1v) is 9.18. The lowest BCUT2D eigenvalue weighted by Crippen LogP contribution is -2.52. The maximum Gasteiger partial charge on any atom is 0.348 e. The molecular weight excluding hydrogens is 382 g/mol. The largest absolute Gasteiger partial charge is 0.507 e. The number of rotatable bonds is 4. The van der Waals surface area contributed by atoms with Crippen molar-refractivity contribution in [3.8, 4) is 5.75 Å². The molecule has 0 aromatic heterocycles. The molecule has 2 aliphatic heterocycles. The summed E-state index contributed by atoms with van der Waals surface area (Å²) in [4.78, 5) is 39.2. The summed E-state index contributed by atoms with van der Waals surface area (Å²) in [7, 11) is 2.44. The normalized spacial score (nSPS) is 20.9. The van der Waals surface area contributed by atoms with Crippen molar-refractivity contribution in [1.29, 1.82) is 0 Å². The second-order valence-corrected chi connectivity index (χ2v) is 7.64. The van der Waals surface area contributed by atoms with Gasteiger partial charge in [-0.25, -0.2) is 9.59 Å². The number of nitrogens with zero attached hydrogens (tertiary/aromatic N) is 1. The highest BCUT2D eigenvalue weighted by molar-refractivity contribution is 8.05. The van der Waals surface area contributed by atoms with E-state index < -0.39 is 22.6 Å². The highest BCUT2D eigenvalue weighted by Crippen LogP contribution is 2.53. The molecule has 1 aromatic rings. The van der Waals surface area contributed by atoms with Crippen LogP contribution in [-0.4, -0.2) is 46.8 Å². The predicted octanol–water partition coefficient (Wildman–Crippen LogP) is 2.74. The Kier molecular flexibility index (Phi) is 5.08. The second-order valence-electron chi connectivity index (χ2n) is 6.23. The Hall–Kier alpha value is -3.00. The van der Waals surface area contributed by atoms with Gasteiger partial charge in [0, 0.05) is 22.4 Å². The number of ether oxygens (including phenoxy) is 2. The summed E-state index contributed by atoms with van der Waals surface area (Å²) in [6.45, 7) is 3.60. The smallest absolute Gasteiger partial charge is 0.348 e. The van der Waals surface area contributed by atoms with Gasteiger partial charge in [-0.1, -0.05) is 23.9 Å². The molecule has 0 spiro atoms. The average Bonchev–Trinajstić information content (AvgIpc) is 2.97. The predicted molar refractivity (Wildman–Crippen MR) is 103 cm³/mol. The maximum absolute atomic E-state index is 13.0. The van der Waals surface area contributed by atoms with Crippen LogP contribution in [0.15, 0.2) is 58.3 Å². The number of carbonyl (C=O) groups is 3. The van der Waals surface area contributed by atoms with E-state index in [2.05, 4.69) is 0 Å². The molecule has 146 valence electrons. The van der Waals surface area contributed by atoms with Gasteiger partial charge in [-0.05, 0) is 32.1 Å². The number of para-hydroxylation sites is 1. The van der Waals surface area contributed by atoms with Crippen LogP contribution in [0, 0.1) is 0 Å². The van der Waals surface area contributed by atoms with Crippen LogP contribution in [-0.2, 0) is 19.1 Å². The molecular formula is C20H19NO6S. The third kappa shape index (κ3) is 2.80. The lowest BCUT2D eigenvalue weighted by Gasteiger charge is -2.38. The lowest BCUT2D eigenvalue weighted by molar-refractivity contribution is -0.149. The minimum Gasteiger partial charge on any atom is -0.507 e. The number of hydrogen-bond acceptors (Lipinski definition) is 8. The van der Waals surface area contributed by atoms with Crippen molar-refractivity contribution < 1.29 is 29.0 Å². The van der Waals surface area contributed by atoms with Crippen molar-refractivity contribution in [3.63, 3.8) is 0 Å². The highest BCUT2D eigenvalue weighted by Gasteiger charge is 2.57. The first-order valence-electron chi connectivity index (χ1n) is 8.37. The Bertz CT molecular complexity index is 977. The number of ketones is 1. The second kappa shape index (κ2) is 7.20. The molecule has 0 unspecified atom stereocenters. The van der Waals surface area contributed by atoms with Crippen molar-refractivity contribution >= 4 is 29.5 Å². The van der Waals surface area contributed by atoms with Crippen LogP contribution in [0.4, 0.5) is 0 Å². The SMILES string of the molecule is COC(=O)C1=CC(C(=O)c2ccccc2O)=CN2C(C)=C(C)S[C@@]12C(=O)OC. The number of Topliss-reactive ketones (excluding diaryl/α,β-unsaturated/α-hetero) is 1. The van der Waals surface area contributed by atoms with Crippen LogP contribution in [0.5, 0.6) is 5.75 Å². The minimum absolute atomic E-state index is 0.0238. The van der Waals surface area contributed by atoms with Gasteiger partial charge >= 0.3 is 11.9 Å². The monoisotopic (exact) mass is 401 g/mol. The molecule has 1 aromatic carbocycles. The minimum atomic E-state index is -1.50. The zero-order chi connectivity index (χ0) is 20.6. The third-order valence-electron chi connectivity index (χ3n) is 4.72. The van der Waals surface area contributed by atoms with E-state index in [0.29, 0.717) is 5.70 Å².